The summed E-state index contributed by atoms with van der Waals surface area (Å²) in [6.45, 7) is 0. The first-order valence-electron chi connectivity index (χ1n) is 11.2. The summed E-state index contributed by atoms with van der Waals surface area (Å²) in [5.74, 6) is -0.156. The number of para-hydroxylation sites is 1. The van der Waals surface area contributed by atoms with Crippen molar-refractivity contribution in [1.82, 2.24) is 4.98 Å². The van der Waals surface area contributed by atoms with E-state index in [0.29, 0.717) is 17.5 Å². The van der Waals surface area contributed by atoms with Crippen LogP contribution in [0.25, 0.3) is 33.2 Å². The number of pyridine rings is 1. The minimum Gasteiger partial charge on any atom is -0.507 e. The van der Waals surface area contributed by atoms with Crippen LogP contribution < -0.4 is 5.56 Å². The molecule has 172 valence electrons. The molecule has 35 heavy (non-hydrogen) atoms. The smallest absolute Gasteiger partial charge is 0.337 e. The third kappa shape index (κ3) is 4.57. The Morgan fingerprint density at radius 3 is 2.34 bits per heavy atom. The Morgan fingerprint density at radius 2 is 1.57 bits per heavy atom. The molecule has 0 atom stereocenters. The van der Waals surface area contributed by atoms with Crippen molar-refractivity contribution in [2.75, 3.05) is 7.11 Å². The fourth-order valence-corrected chi connectivity index (χ4v) is 4.27. The van der Waals surface area contributed by atoms with Crippen molar-refractivity contribution < 1.29 is 14.6 Å². The quantitative estimate of drug-likeness (QED) is 0.317. The average molecular weight is 462 g/mol. The Balaban J connectivity index is 1.46. The number of carbonyl (C=O) groups excluding carboxylic acids is 1. The molecule has 0 aliphatic carbocycles. The van der Waals surface area contributed by atoms with Gasteiger partial charge in [0.2, 0.25) is 0 Å². The number of carbonyl (C=O) groups is 1. The fourth-order valence-electron chi connectivity index (χ4n) is 4.27. The number of nitrogens with one attached hydrogen (secondary N) is 1. The molecule has 0 saturated carbocycles. The number of phenols is 1. The van der Waals surface area contributed by atoms with Gasteiger partial charge in [0.25, 0.3) is 5.56 Å². The Labute approximate surface area is 202 Å². The molecule has 0 radical (unpaired) electrons. The summed E-state index contributed by atoms with van der Waals surface area (Å²) in [6.07, 6.45) is 0.398. The second-order valence-corrected chi connectivity index (χ2v) is 8.39. The van der Waals surface area contributed by atoms with E-state index in [9.17, 15) is 14.7 Å². The normalized spacial score (nSPS) is 10.9. The van der Waals surface area contributed by atoms with Crippen LogP contribution in [-0.4, -0.2) is 23.2 Å². The predicted molar refractivity (Wildman–Crippen MR) is 138 cm³/mol. The lowest BCUT2D eigenvalue weighted by molar-refractivity contribution is 0.0600. The number of benzene rings is 4. The van der Waals surface area contributed by atoms with Crippen LogP contribution in [0.2, 0.25) is 0 Å². The van der Waals surface area contributed by atoms with Crippen molar-refractivity contribution in [3.63, 3.8) is 0 Å². The monoisotopic (exact) mass is 461 g/mol. The van der Waals surface area contributed by atoms with Crippen LogP contribution in [0.5, 0.6) is 5.75 Å². The number of aromatic nitrogens is 1. The maximum absolute atomic E-state index is 12.7. The Morgan fingerprint density at radius 1 is 0.829 bits per heavy atom. The summed E-state index contributed by atoms with van der Waals surface area (Å²) in [7, 11) is 1.35. The molecule has 0 saturated heterocycles. The third-order valence-electron chi connectivity index (χ3n) is 6.10. The number of esters is 1. The van der Waals surface area contributed by atoms with Gasteiger partial charge in [0, 0.05) is 23.1 Å². The molecule has 0 unspecified atom stereocenters. The van der Waals surface area contributed by atoms with Crippen LogP contribution in [0, 0.1) is 0 Å². The van der Waals surface area contributed by atoms with Gasteiger partial charge in [-0.15, -0.1) is 0 Å². The molecule has 0 amide bonds. The number of methoxy groups -OCH3 is 1. The highest BCUT2D eigenvalue weighted by molar-refractivity contribution is 5.89. The Hall–Kier alpha value is -4.64. The standard InChI is InChI=1S/C30H23NO4/c1-35-30(34)23-6-4-5-19(15-23)16-25-18-24-17-22(13-14-27(24)31-29(25)33)20-9-11-21(12-10-20)26-7-2-3-8-28(26)32/h2-15,17-18,32H,16H2,1H3,(H,31,33). The van der Waals surface area contributed by atoms with Gasteiger partial charge in [-0.25, -0.2) is 4.79 Å². The summed E-state index contributed by atoms with van der Waals surface area (Å²) in [5, 5.41) is 11.0. The Kier molecular flexibility index (Phi) is 5.90. The van der Waals surface area contributed by atoms with E-state index in [-0.39, 0.29) is 11.3 Å². The molecule has 1 heterocycles. The van der Waals surface area contributed by atoms with Crippen LogP contribution in [0.4, 0.5) is 0 Å². The zero-order chi connectivity index (χ0) is 24.4. The number of phenolic OH excluding ortho intramolecular Hbond substituents is 1. The van der Waals surface area contributed by atoms with Crippen molar-refractivity contribution >= 4 is 16.9 Å². The first-order chi connectivity index (χ1) is 17.0. The van der Waals surface area contributed by atoms with Crippen LogP contribution in [-0.2, 0) is 11.2 Å². The third-order valence-corrected chi connectivity index (χ3v) is 6.10. The SMILES string of the molecule is COC(=O)c1cccc(Cc2cc3cc(-c4ccc(-c5ccccc5O)cc4)ccc3[nH]c2=O)c1. The number of hydrogen-bond acceptors (Lipinski definition) is 4. The fraction of sp³-hybridized carbons (Fsp3) is 0.0667. The number of fused-ring (bicyclic) bond motifs is 1. The van der Waals surface area contributed by atoms with Gasteiger partial charge in [0.1, 0.15) is 5.75 Å². The number of ether oxygens (including phenoxy) is 1. The van der Waals surface area contributed by atoms with Crippen LogP contribution >= 0.6 is 0 Å². The van der Waals surface area contributed by atoms with Gasteiger partial charge >= 0.3 is 5.97 Å². The van der Waals surface area contributed by atoms with Gasteiger partial charge in [-0.1, -0.05) is 60.7 Å². The molecule has 0 spiro atoms. The van der Waals surface area contributed by atoms with Crippen LogP contribution in [0.1, 0.15) is 21.5 Å². The first kappa shape index (κ1) is 22.2. The summed E-state index contributed by atoms with van der Waals surface area (Å²) in [4.78, 5) is 27.5. The molecule has 0 fully saturated rings. The van der Waals surface area contributed by atoms with E-state index in [1.807, 2.05) is 60.7 Å². The van der Waals surface area contributed by atoms with Gasteiger partial charge in [-0.3, -0.25) is 4.79 Å². The van der Waals surface area contributed by atoms with E-state index in [0.717, 1.165) is 38.7 Å². The molecule has 1 aromatic heterocycles. The lowest BCUT2D eigenvalue weighted by Gasteiger charge is -2.09. The molecule has 2 N–H and O–H groups in total. The lowest BCUT2D eigenvalue weighted by Crippen LogP contribution is -2.13. The molecule has 0 bridgehead atoms. The number of aromatic amines is 1. The van der Waals surface area contributed by atoms with Gasteiger partial charge < -0.3 is 14.8 Å². The van der Waals surface area contributed by atoms with E-state index >= 15 is 0 Å². The van der Waals surface area contributed by atoms with E-state index in [1.54, 1.807) is 30.3 Å². The molecular formula is C30H23NO4. The van der Waals surface area contributed by atoms with Crippen molar-refractivity contribution in [1.29, 1.82) is 0 Å². The number of rotatable bonds is 5. The van der Waals surface area contributed by atoms with E-state index in [2.05, 4.69) is 11.1 Å². The molecular weight excluding hydrogens is 438 g/mol. The second kappa shape index (κ2) is 9.31. The highest BCUT2D eigenvalue weighted by atomic mass is 16.5. The summed E-state index contributed by atoms with van der Waals surface area (Å²) >= 11 is 0. The maximum Gasteiger partial charge on any atom is 0.337 e. The minimum absolute atomic E-state index is 0.152. The van der Waals surface area contributed by atoms with E-state index in [4.69, 9.17) is 4.74 Å². The highest BCUT2D eigenvalue weighted by Crippen LogP contribution is 2.31. The zero-order valence-corrected chi connectivity index (χ0v) is 19.1. The van der Waals surface area contributed by atoms with Crippen LogP contribution in [0.15, 0.2) is 102 Å². The molecule has 5 aromatic rings. The van der Waals surface area contributed by atoms with Gasteiger partial charge in [-0.05, 0) is 64.0 Å². The molecule has 5 nitrogen and oxygen atoms in total. The summed E-state index contributed by atoms with van der Waals surface area (Å²) in [5.41, 5.74) is 6.32. The number of aromatic hydroxyl groups is 1. The van der Waals surface area contributed by atoms with Crippen molar-refractivity contribution in [2.45, 2.75) is 6.42 Å². The second-order valence-electron chi connectivity index (χ2n) is 8.39. The molecule has 0 aliphatic rings. The van der Waals surface area contributed by atoms with E-state index in [1.165, 1.54) is 7.11 Å². The first-order valence-corrected chi connectivity index (χ1v) is 11.2. The van der Waals surface area contributed by atoms with Gasteiger partial charge in [0.05, 0.1) is 12.7 Å². The molecule has 5 rings (SSSR count). The number of H-pyrrole nitrogens is 1. The summed E-state index contributed by atoms with van der Waals surface area (Å²) in [6, 6.07) is 30.2. The van der Waals surface area contributed by atoms with Crippen molar-refractivity contribution in [3.05, 3.63) is 124 Å². The highest BCUT2D eigenvalue weighted by Gasteiger charge is 2.10. The predicted octanol–water partition coefficient (Wildman–Crippen LogP) is 5.95. The topological polar surface area (TPSA) is 79.4 Å². The van der Waals surface area contributed by atoms with Crippen LogP contribution in [0.3, 0.4) is 0 Å². The maximum atomic E-state index is 12.7. The molecule has 4 aromatic carbocycles. The Bertz CT molecular complexity index is 1600. The lowest BCUT2D eigenvalue weighted by atomic mass is 9.98. The number of hydrogen-bond donors (Lipinski definition) is 2. The van der Waals surface area contributed by atoms with Crippen molar-refractivity contribution in [3.8, 4) is 28.0 Å². The minimum atomic E-state index is -0.405. The summed E-state index contributed by atoms with van der Waals surface area (Å²) < 4.78 is 4.80. The zero-order valence-electron chi connectivity index (χ0n) is 19.1. The molecule has 0 aliphatic heterocycles. The molecule has 5 heteroatoms. The van der Waals surface area contributed by atoms with Gasteiger partial charge in [0.15, 0.2) is 0 Å². The average Bonchev–Trinajstić information content (AvgIpc) is 2.89. The van der Waals surface area contributed by atoms with Crippen molar-refractivity contribution in [2.24, 2.45) is 0 Å². The van der Waals surface area contributed by atoms with Gasteiger partial charge in [-0.2, -0.15) is 0 Å². The largest absolute Gasteiger partial charge is 0.507 e. The van der Waals surface area contributed by atoms with E-state index < -0.39 is 5.97 Å².